The first-order chi connectivity index (χ1) is 10.7. The molecule has 0 amide bonds. The Balaban J connectivity index is 1.92. The Hall–Kier alpha value is -2.82. The molecule has 0 fully saturated rings. The molecule has 0 N–H and O–H groups in total. The molecule has 2 atom stereocenters. The van der Waals surface area contributed by atoms with Crippen LogP contribution in [0.1, 0.15) is 17.2 Å². The van der Waals surface area contributed by atoms with Crippen molar-refractivity contribution in [2.24, 2.45) is 11.1 Å². The van der Waals surface area contributed by atoms with Crippen LogP contribution in [0.25, 0.3) is 0 Å². The zero-order valence-corrected chi connectivity index (χ0v) is 11.9. The van der Waals surface area contributed by atoms with Crippen molar-refractivity contribution in [1.29, 1.82) is 0 Å². The van der Waals surface area contributed by atoms with E-state index in [1.165, 1.54) is 0 Å². The highest BCUT2D eigenvalue weighted by molar-refractivity contribution is 6.12. The van der Waals surface area contributed by atoms with Crippen LogP contribution >= 0.6 is 0 Å². The van der Waals surface area contributed by atoms with Gasteiger partial charge in [0.05, 0.1) is 24.7 Å². The maximum absolute atomic E-state index is 11.6. The molecule has 5 nitrogen and oxygen atoms in total. The summed E-state index contributed by atoms with van der Waals surface area (Å²) in [7, 11) is 1.57. The molecule has 2 aromatic rings. The number of carboxylic acid groups (broad SMARTS) is 1. The number of aliphatic carboxylic acids is 1. The number of ether oxygens (including phenoxy) is 1. The summed E-state index contributed by atoms with van der Waals surface area (Å²) in [5, 5.41) is 15.6. The number of hydrogen-bond donors (Lipinski definition) is 0. The van der Waals surface area contributed by atoms with Gasteiger partial charge in [-0.2, -0.15) is 0 Å². The molecular weight excluding hydrogens is 282 g/mol. The van der Waals surface area contributed by atoms with E-state index in [1.807, 2.05) is 18.2 Å². The Morgan fingerprint density at radius 3 is 2.41 bits per heavy atom. The quantitative estimate of drug-likeness (QED) is 0.858. The average Bonchev–Trinajstić information content (AvgIpc) is 3.01. The highest BCUT2D eigenvalue weighted by Gasteiger charge is 2.37. The summed E-state index contributed by atoms with van der Waals surface area (Å²) in [5.74, 6) is -1.47. The fourth-order valence-corrected chi connectivity index (χ4v) is 2.50. The molecule has 0 aromatic heterocycles. The van der Waals surface area contributed by atoms with E-state index < -0.39 is 18.0 Å². The van der Waals surface area contributed by atoms with Crippen LogP contribution in [0.4, 0.5) is 0 Å². The van der Waals surface area contributed by atoms with E-state index in [0.29, 0.717) is 22.6 Å². The van der Waals surface area contributed by atoms with Crippen LogP contribution in [-0.4, -0.2) is 18.8 Å². The van der Waals surface area contributed by atoms with Crippen molar-refractivity contribution in [3.63, 3.8) is 0 Å². The fraction of sp³-hybridized carbons (Fsp3) is 0.176. The maximum Gasteiger partial charge on any atom is 0.166 e. The summed E-state index contributed by atoms with van der Waals surface area (Å²) in [5.41, 5.74) is 1.80. The predicted octanol–water partition coefficient (Wildman–Crippen LogP) is 1.54. The summed E-state index contributed by atoms with van der Waals surface area (Å²) < 4.78 is 5.10. The lowest BCUT2D eigenvalue weighted by Gasteiger charge is -2.20. The summed E-state index contributed by atoms with van der Waals surface area (Å²) in [6.45, 7) is 0. The molecule has 0 saturated carbocycles. The zero-order valence-electron chi connectivity index (χ0n) is 11.9. The molecule has 1 aliphatic rings. The van der Waals surface area contributed by atoms with Crippen molar-refractivity contribution in [3.05, 3.63) is 65.7 Å². The number of carbonyl (C=O) groups is 1. The van der Waals surface area contributed by atoms with E-state index in [2.05, 4.69) is 5.16 Å². The second kappa shape index (κ2) is 5.89. The molecule has 0 aliphatic carbocycles. The first-order valence-corrected chi connectivity index (χ1v) is 6.84. The summed E-state index contributed by atoms with van der Waals surface area (Å²) in [6.07, 6.45) is -0.703. The second-order valence-corrected chi connectivity index (χ2v) is 4.94. The first-order valence-electron chi connectivity index (χ1n) is 6.84. The lowest BCUT2D eigenvalue weighted by molar-refractivity contribution is -0.310. The van der Waals surface area contributed by atoms with Gasteiger partial charge in [0, 0.05) is 5.56 Å². The van der Waals surface area contributed by atoms with Crippen molar-refractivity contribution < 1.29 is 19.5 Å². The topological polar surface area (TPSA) is 71.0 Å². The second-order valence-electron chi connectivity index (χ2n) is 4.94. The van der Waals surface area contributed by atoms with Crippen molar-refractivity contribution in [2.75, 3.05) is 7.11 Å². The molecule has 0 bridgehead atoms. The monoisotopic (exact) mass is 296 g/mol. The number of carboxylic acids is 1. The molecule has 5 heteroatoms. The minimum Gasteiger partial charge on any atom is -0.549 e. The van der Waals surface area contributed by atoms with Gasteiger partial charge in [-0.25, -0.2) is 0 Å². The molecule has 1 aliphatic heterocycles. The average molecular weight is 296 g/mol. The molecular formula is C17H14NO4-. The number of hydrogen-bond acceptors (Lipinski definition) is 5. The van der Waals surface area contributed by atoms with E-state index >= 15 is 0 Å². The Morgan fingerprint density at radius 1 is 1.14 bits per heavy atom. The number of benzene rings is 2. The third-order valence-corrected chi connectivity index (χ3v) is 3.63. The molecule has 112 valence electrons. The largest absolute Gasteiger partial charge is 0.549 e. The van der Waals surface area contributed by atoms with Crippen LogP contribution in [0.15, 0.2) is 59.8 Å². The van der Waals surface area contributed by atoms with Gasteiger partial charge >= 0.3 is 0 Å². The van der Waals surface area contributed by atoms with E-state index in [9.17, 15) is 9.90 Å². The smallest absolute Gasteiger partial charge is 0.166 e. The molecule has 0 saturated heterocycles. The van der Waals surface area contributed by atoms with Crippen LogP contribution < -0.4 is 9.84 Å². The van der Waals surface area contributed by atoms with Crippen molar-refractivity contribution >= 4 is 11.7 Å². The van der Waals surface area contributed by atoms with Crippen molar-refractivity contribution in [2.45, 2.75) is 6.10 Å². The van der Waals surface area contributed by atoms with Gasteiger partial charge in [0.2, 0.25) is 0 Å². The van der Waals surface area contributed by atoms with E-state index in [1.54, 1.807) is 43.5 Å². The van der Waals surface area contributed by atoms with Crippen LogP contribution in [0.3, 0.4) is 0 Å². The molecule has 0 unspecified atom stereocenters. The molecule has 3 rings (SSSR count). The summed E-state index contributed by atoms with van der Waals surface area (Å²) in [6, 6.07) is 16.1. The number of carbonyl (C=O) groups excluding carboxylic acids is 1. The molecule has 2 aromatic carbocycles. The number of nitrogens with zero attached hydrogens (tertiary/aromatic N) is 1. The Labute approximate surface area is 127 Å². The van der Waals surface area contributed by atoms with Gasteiger partial charge in [0.25, 0.3) is 0 Å². The third-order valence-electron chi connectivity index (χ3n) is 3.63. The number of rotatable bonds is 4. The summed E-state index contributed by atoms with van der Waals surface area (Å²) in [4.78, 5) is 17.0. The lowest BCUT2D eigenvalue weighted by Crippen LogP contribution is -2.38. The van der Waals surface area contributed by atoms with Crippen molar-refractivity contribution in [1.82, 2.24) is 0 Å². The molecule has 0 spiro atoms. The Morgan fingerprint density at radius 2 is 1.82 bits per heavy atom. The number of oxime groups is 1. The third kappa shape index (κ3) is 2.53. The van der Waals surface area contributed by atoms with Gasteiger partial charge in [-0.3, -0.25) is 0 Å². The number of methoxy groups -OCH3 is 1. The SMILES string of the molecule is COc1ccc([C@@H]2ON=C(c3ccccc3)[C@@H]2C(=O)[O-])cc1. The molecule has 0 radical (unpaired) electrons. The molecule has 22 heavy (non-hydrogen) atoms. The van der Waals surface area contributed by atoms with Gasteiger partial charge in [0.15, 0.2) is 6.10 Å². The van der Waals surface area contributed by atoms with Crippen LogP contribution in [0.2, 0.25) is 0 Å². The van der Waals surface area contributed by atoms with E-state index in [-0.39, 0.29) is 0 Å². The minimum absolute atomic E-state index is 0.376. The van der Waals surface area contributed by atoms with E-state index in [4.69, 9.17) is 9.57 Å². The predicted molar refractivity (Wildman–Crippen MR) is 78.3 cm³/mol. The maximum atomic E-state index is 11.6. The van der Waals surface area contributed by atoms with Gasteiger partial charge in [-0.1, -0.05) is 47.6 Å². The van der Waals surface area contributed by atoms with Crippen molar-refractivity contribution in [3.8, 4) is 5.75 Å². The zero-order chi connectivity index (χ0) is 15.5. The van der Waals surface area contributed by atoms with Gasteiger partial charge in [-0.05, 0) is 17.7 Å². The highest BCUT2D eigenvalue weighted by Crippen LogP contribution is 2.35. The lowest BCUT2D eigenvalue weighted by atomic mass is 9.89. The van der Waals surface area contributed by atoms with Gasteiger partial charge in [0.1, 0.15) is 5.75 Å². The standard InChI is InChI=1S/C17H15NO4/c1-21-13-9-7-12(8-10-13)16-14(17(19)20)15(18-22-16)11-5-3-2-4-6-11/h2-10,14,16H,1H3,(H,19,20)/p-1/t14-,16-/m0/s1. The van der Waals surface area contributed by atoms with Gasteiger partial charge in [-0.15, -0.1) is 0 Å². The Kier molecular flexibility index (Phi) is 3.78. The van der Waals surface area contributed by atoms with E-state index in [0.717, 1.165) is 0 Å². The minimum atomic E-state index is -1.21. The van der Waals surface area contributed by atoms with Crippen LogP contribution in [0, 0.1) is 5.92 Å². The summed E-state index contributed by atoms with van der Waals surface area (Å²) >= 11 is 0. The van der Waals surface area contributed by atoms with Crippen LogP contribution in [-0.2, 0) is 9.63 Å². The van der Waals surface area contributed by atoms with Gasteiger partial charge < -0.3 is 19.5 Å². The Bertz CT molecular complexity index is 694. The first kappa shape index (κ1) is 14.1. The fourth-order valence-electron chi connectivity index (χ4n) is 2.50. The normalized spacial score (nSPS) is 20.1. The van der Waals surface area contributed by atoms with Crippen LogP contribution in [0.5, 0.6) is 5.75 Å². The highest BCUT2D eigenvalue weighted by atomic mass is 16.6. The molecule has 1 heterocycles.